The number of carbonyl (C=O) groups is 3. The van der Waals surface area contributed by atoms with Crippen LogP contribution in [0.25, 0.3) is 0 Å². The van der Waals surface area contributed by atoms with Crippen LogP contribution in [0, 0.1) is 11.8 Å². The quantitative estimate of drug-likeness (QED) is 0.301. The highest BCUT2D eigenvalue weighted by atomic mass is 35.5. The van der Waals surface area contributed by atoms with Gasteiger partial charge in [-0.25, -0.2) is 0 Å². The van der Waals surface area contributed by atoms with Crippen molar-refractivity contribution < 1.29 is 34.8 Å². The molecule has 0 spiro atoms. The molecule has 8 N–H and O–H groups in total. The molecule has 0 aromatic heterocycles. The summed E-state index contributed by atoms with van der Waals surface area (Å²) in [5.41, 5.74) is 10.9. The number of Topliss-reactive ketones (excluding diaryl/α,β-unsaturated/α-hetero) is 2. The molecule has 208 valence electrons. The molecule has 0 unspecified atom stereocenters. The number of halogens is 1. The maximum Gasteiger partial charge on any atom is 0.255 e. The van der Waals surface area contributed by atoms with Gasteiger partial charge in [-0.2, -0.15) is 0 Å². The highest BCUT2D eigenvalue weighted by Gasteiger charge is 2.62. The van der Waals surface area contributed by atoms with Crippen LogP contribution in [0.3, 0.4) is 0 Å². The van der Waals surface area contributed by atoms with E-state index in [0.717, 1.165) is 13.0 Å². The number of phenolic OH excluding ortho intramolecular Hbond substituents is 1. The third-order valence-corrected chi connectivity index (χ3v) is 9.34. The highest BCUT2D eigenvalue weighted by molar-refractivity contribution is 6.33. The molecule has 10 nitrogen and oxygen atoms in total. The van der Waals surface area contributed by atoms with E-state index in [1.807, 2.05) is 12.1 Å². The number of ketones is 2. The van der Waals surface area contributed by atoms with E-state index >= 15 is 0 Å². The van der Waals surface area contributed by atoms with Crippen molar-refractivity contribution in [1.82, 2.24) is 4.90 Å². The lowest BCUT2D eigenvalue weighted by atomic mass is 9.59. The van der Waals surface area contributed by atoms with Crippen LogP contribution in [0.5, 0.6) is 5.75 Å². The number of benzene rings is 2. The van der Waals surface area contributed by atoms with Crippen LogP contribution in [0.1, 0.15) is 39.0 Å². The largest absolute Gasteiger partial charge is 0.510 e. The summed E-state index contributed by atoms with van der Waals surface area (Å²) in [4.78, 5) is 40.9. The average Bonchev–Trinajstić information content (AvgIpc) is 2.91. The first-order valence-electron chi connectivity index (χ1n) is 13.0. The number of phenols is 1. The topological polar surface area (TPSA) is 187 Å². The van der Waals surface area contributed by atoms with Gasteiger partial charge in [0, 0.05) is 36.1 Å². The number of nitrogens with zero attached hydrogens (tertiary/aromatic N) is 1. The predicted molar refractivity (Wildman–Crippen MR) is 143 cm³/mol. The van der Waals surface area contributed by atoms with Gasteiger partial charge in [0.05, 0.1) is 11.6 Å². The normalized spacial score (nSPS) is 28.1. The van der Waals surface area contributed by atoms with E-state index in [4.69, 9.17) is 23.1 Å². The van der Waals surface area contributed by atoms with Gasteiger partial charge >= 0.3 is 0 Å². The fourth-order valence-corrected chi connectivity index (χ4v) is 7.15. The van der Waals surface area contributed by atoms with Crippen molar-refractivity contribution in [1.29, 1.82) is 0 Å². The number of aliphatic hydroxyl groups is 3. The number of hydrogen-bond donors (Lipinski definition) is 6. The number of hydrogen-bond acceptors (Lipinski definition) is 9. The zero-order valence-electron chi connectivity index (χ0n) is 21.4. The van der Waals surface area contributed by atoms with E-state index in [1.165, 1.54) is 17.2 Å². The van der Waals surface area contributed by atoms with E-state index in [2.05, 4.69) is 17.0 Å². The van der Waals surface area contributed by atoms with Gasteiger partial charge in [-0.05, 0) is 53.5 Å². The van der Waals surface area contributed by atoms with Gasteiger partial charge in [-0.1, -0.05) is 35.9 Å². The van der Waals surface area contributed by atoms with Crippen molar-refractivity contribution in [2.45, 2.75) is 44.0 Å². The summed E-state index contributed by atoms with van der Waals surface area (Å²) < 4.78 is 0. The Balaban J connectivity index is 1.38. The summed E-state index contributed by atoms with van der Waals surface area (Å²) in [6.45, 7) is 1.95. The Labute approximate surface area is 234 Å². The van der Waals surface area contributed by atoms with Gasteiger partial charge in [-0.15, -0.1) is 0 Å². The molecule has 2 aromatic carbocycles. The number of allylic oxidation sites excluding steroid dienone is 1. The van der Waals surface area contributed by atoms with Crippen molar-refractivity contribution in [3.05, 3.63) is 85.8 Å². The van der Waals surface area contributed by atoms with Crippen molar-refractivity contribution in [3.63, 3.8) is 0 Å². The van der Waals surface area contributed by atoms with Gasteiger partial charge in [0.15, 0.2) is 11.4 Å². The molecular formula is C29H28ClN3O7. The van der Waals surface area contributed by atoms with Crippen molar-refractivity contribution >= 4 is 29.1 Å². The number of carbonyl (C=O) groups excluding carboxylic acids is 3. The lowest BCUT2D eigenvalue weighted by molar-refractivity contribution is -0.145. The Bertz CT molecular complexity index is 1580. The van der Waals surface area contributed by atoms with Gasteiger partial charge < -0.3 is 31.9 Å². The van der Waals surface area contributed by atoms with Crippen LogP contribution in [-0.2, 0) is 35.5 Å². The third kappa shape index (κ3) is 3.63. The molecule has 0 bridgehead atoms. The molecule has 3 aliphatic carbocycles. The molecule has 1 heterocycles. The first-order chi connectivity index (χ1) is 18.9. The highest BCUT2D eigenvalue weighted by Crippen LogP contribution is 2.52. The smallest absolute Gasteiger partial charge is 0.255 e. The monoisotopic (exact) mass is 565 g/mol. The summed E-state index contributed by atoms with van der Waals surface area (Å²) >= 11 is 6.85. The molecule has 0 saturated carbocycles. The summed E-state index contributed by atoms with van der Waals surface area (Å²) in [5, 5.41) is 44.4. The standard InChI is InChI=1S/C29H28ClN3O7/c30-22-15(11-33-6-5-12-3-1-2-4-13(12)10-33)9-18(34)20-16(22)7-14-8-17-23(31)25(36)21(28(32)39)27(38)29(17,40)26(37)19(14)24(20)35/h1-4,9,14,17,23,34,36-37,40H,5-8,10-11,31H2,(H2,32,39)/t14-,17-,23-,29-/m0/s1. The summed E-state index contributed by atoms with van der Waals surface area (Å²) in [7, 11) is 0. The van der Waals surface area contributed by atoms with Crippen LogP contribution in [0.15, 0.2) is 53.0 Å². The second-order valence-electron chi connectivity index (χ2n) is 11.0. The lowest BCUT2D eigenvalue weighted by Crippen LogP contribution is -2.63. The van der Waals surface area contributed by atoms with Crippen LogP contribution in [-0.4, -0.2) is 61.0 Å². The van der Waals surface area contributed by atoms with E-state index in [0.29, 0.717) is 29.2 Å². The Morgan fingerprint density at radius 3 is 2.55 bits per heavy atom. The Morgan fingerprint density at radius 2 is 1.85 bits per heavy atom. The minimum absolute atomic E-state index is 0.0751. The molecular weight excluding hydrogens is 538 g/mol. The fourth-order valence-electron chi connectivity index (χ4n) is 6.86. The minimum Gasteiger partial charge on any atom is -0.510 e. The molecule has 2 aromatic rings. The van der Waals surface area contributed by atoms with Gasteiger partial charge in [-0.3, -0.25) is 19.3 Å². The second kappa shape index (κ2) is 9.17. The van der Waals surface area contributed by atoms with Crippen molar-refractivity contribution in [3.8, 4) is 5.75 Å². The molecule has 1 amide bonds. The third-order valence-electron chi connectivity index (χ3n) is 8.87. The number of nitrogens with two attached hydrogens (primary N) is 2. The number of rotatable bonds is 3. The molecule has 6 rings (SSSR count). The van der Waals surface area contributed by atoms with Gasteiger partial charge in [0.25, 0.3) is 5.91 Å². The average molecular weight is 566 g/mol. The first-order valence-corrected chi connectivity index (χ1v) is 13.4. The molecule has 40 heavy (non-hydrogen) atoms. The maximum atomic E-state index is 13.7. The van der Waals surface area contributed by atoms with Gasteiger partial charge in [0.1, 0.15) is 22.8 Å². The summed E-state index contributed by atoms with van der Waals surface area (Å²) in [6.07, 6.45) is 0.916. The second-order valence-corrected chi connectivity index (χ2v) is 11.4. The summed E-state index contributed by atoms with van der Waals surface area (Å²) in [5.74, 6) is -7.45. The first kappa shape index (κ1) is 26.5. The fraction of sp³-hybridized carbons (Fsp3) is 0.345. The van der Waals surface area contributed by atoms with Crippen LogP contribution in [0.4, 0.5) is 0 Å². The van der Waals surface area contributed by atoms with E-state index in [-0.39, 0.29) is 29.7 Å². The number of aliphatic hydroxyl groups excluding tert-OH is 2. The maximum absolute atomic E-state index is 13.7. The molecule has 0 fully saturated rings. The van der Waals surface area contributed by atoms with Crippen LogP contribution >= 0.6 is 11.6 Å². The summed E-state index contributed by atoms with van der Waals surface area (Å²) in [6, 6.07) is 8.23. The number of primary amides is 1. The number of amides is 1. The minimum atomic E-state index is -2.74. The molecule has 4 atom stereocenters. The van der Waals surface area contributed by atoms with E-state index in [1.54, 1.807) is 0 Å². The number of fused-ring (bicyclic) bond motifs is 4. The lowest BCUT2D eigenvalue weighted by Gasteiger charge is -2.47. The Hall–Kier alpha value is -3.70. The predicted octanol–water partition coefficient (Wildman–Crippen LogP) is 1.73. The molecule has 0 radical (unpaired) electrons. The molecule has 1 aliphatic heterocycles. The van der Waals surface area contributed by atoms with E-state index < -0.39 is 58.0 Å². The zero-order valence-corrected chi connectivity index (χ0v) is 22.1. The Kier molecular flexibility index (Phi) is 6.08. The number of aromatic hydroxyl groups is 1. The molecule has 0 saturated heterocycles. The van der Waals surface area contributed by atoms with Crippen molar-refractivity contribution in [2.75, 3.05) is 6.54 Å². The van der Waals surface area contributed by atoms with Crippen molar-refractivity contribution in [2.24, 2.45) is 23.3 Å². The zero-order chi connectivity index (χ0) is 28.7. The van der Waals surface area contributed by atoms with Gasteiger partial charge in [0.2, 0.25) is 5.78 Å². The molecule has 11 heteroatoms. The molecule has 4 aliphatic rings. The Morgan fingerprint density at radius 1 is 1.15 bits per heavy atom. The van der Waals surface area contributed by atoms with Crippen LogP contribution in [0.2, 0.25) is 5.02 Å². The SMILES string of the molecule is NC(=O)C1=C(O)[C@@H](N)[C@@H]2C[C@@H]3Cc4c(Cl)c(CN5CCc6ccccc6C5)cc(O)c4C(=O)C3=C(O)[C@]2(O)C1=O. The van der Waals surface area contributed by atoms with Crippen LogP contribution < -0.4 is 11.5 Å². The van der Waals surface area contributed by atoms with E-state index in [9.17, 15) is 34.8 Å².